The summed E-state index contributed by atoms with van der Waals surface area (Å²) in [6.45, 7) is 1.58. The number of piperidine rings is 1. The van der Waals surface area contributed by atoms with Crippen molar-refractivity contribution in [2.45, 2.75) is 23.9 Å². The molecule has 98 valence electrons. The Bertz CT molecular complexity index is 399. The van der Waals surface area contributed by atoms with Crippen molar-refractivity contribution in [2.75, 3.05) is 13.1 Å². The molecule has 1 heterocycles. The van der Waals surface area contributed by atoms with E-state index in [1.807, 2.05) is 30.3 Å². The summed E-state index contributed by atoms with van der Waals surface area (Å²) in [5.41, 5.74) is 6.88. The van der Waals surface area contributed by atoms with E-state index in [1.165, 1.54) is 0 Å². The molecule has 0 saturated carbocycles. The Hall–Kier alpha value is -1.07. The summed E-state index contributed by atoms with van der Waals surface area (Å²) >= 11 is 3.48. The number of rotatable bonds is 2. The highest BCUT2D eigenvalue weighted by atomic mass is 79.9. The van der Waals surface area contributed by atoms with Crippen LogP contribution in [0, 0.1) is 0 Å². The van der Waals surface area contributed by atoms with Crippen LogP contribution in [0.25, 0.3) is 0 Å². The fraction of sp³-hybridized carbons (Fsp3) is 0.462. The second kappa shape index (κ2) is 6.20. The van der Waals surface area contributed by atoms with Crippen molar-refractivity contribution in [1.29, 1.82) is 0 Å². The van der Waals surface area contributed by atoms with Gasteiger partial charge in [0.2, 0.25) is 0 Å². The van der Waals surface area contributed by atoms with Gasteiger partial charge in [-0.05, 0) is 12.0 Å². The zero-order chi connectivity index (χ0) is 13.0. The van der Waals surface area contributed by atoms with E-state index in [0.717, 1.165) is 12.0 Å². The third-order valence-corrected chi connectivity index (χ3v) is 4.02. The second-order valence-electron chi connectivity index (χ2n) is 4.45. The molecule has 2 atom stereocenters. The first-order valence-corrected chi connectivity index (χ1v) is 6.93. The minimum absolute atomic E-state index is 0.114. The molecular weight excluding hydrogens is 296 g/mol. The first kappa shape index (κ1) is 13.4. The van der Waals surface area contributed by atoms with Gasteiger partial charge in [-0.3, -0.25) is 0 Å². The summed E-state index contributed by atoms with van der Waals surface area (Å²) in [7, 11) is 0. The molecular formula is C13H17BrN2O2. The van der Waals surface area contributed by atoms with Crippen LogP contribution >= 0.6 is 15.9 Å². The molecule has 1 aromatic rings. The van der Waals surface area contributed by atoms with Crippen molar-refractivity contribution >= 4 is 22.0 Å². The average Bonchev–Trinajstić information content (AvgIpc) is 2.40. The molecule has 1 amide bonds. The topological polar surface area (TPSA) is 55.6 Å². The van der Waals surface area contributed by atoms with E-state index >= 15 is 0 Å². The van der Waals surface area contributed by atoms with E-state index in [-0.39, 0.29) is 17.0 Å². The maximum atomic E-state index is 11.9. The van der Waals surface area contributed by atoms with Crippen molar-refractivity contribution in [2.24, 2.45) is 5.73 Å². The van der Waals surface area contributed by atoms with Crippen LogP contribution in [-0.4, -0.2) is 35.0 Å². The first-order chi connectivity index (χ1) is 8.66. The molecule has 2 rings (SSSR count). The maximum Gasteiger partial charge on any atom is 0.410 e. The van der Waals surface area contributed by atoms with E-state index in [1.54, 1.807) is 4.90 Å². The summed E-state index contributed by atoms with van der Waals surface area (Å²) < 4.78 is 5.28. The van der Waals surface area contributed by atoms with Crippen LogP contribution in [0.1, 0.15) is 12.0 Å². The largest absolute Gasteiger partial charge is 0.445 e. The van der Waals surface area contributed by atoms with Crippen LogP contribution < -0.4 is 5.73 Å². The fourth-order valence-corrected chi connectivity index (χ4v) is 2.51. The van der Waals surface area contributed by atoms with Gasteiger partial charge in [0, 0.05) is 24.0 Å². The molecule has 0 spiro atoms. The Balaban J connectivity index is 1.82. The Morgan fingerprint density at radius 1 is 1.44 bits per heavy atom. The van der Waals surface area contributed by atoms with Crippen LogP contribution in [0.5, 0.6) is 0 Å². The molecule has 1 aliphatic rings. The number of halogens is 1. The molecule has 0 aromatic heterocycles. The van der Waals surface area contributed by atoms with Crippen molar-refractivity contribution < 1.29 is 9.53 Å². The van der Waals surface area contributed by atoms with Gasteiger partial charge in [-0.15, -0.1) is 0 Å². The van der Waals surface area contributed by atoms with Crippen LogP contribution in [0.15, 0.2) is 30.3 Å². The predicted molar refractivity (Wildman–Crippen MR) is 73.5 cm³/mol. The van der Waals surface area contributed by atoms with Crippen molar-refractivity contribution in [3.05, 3.63) is 35.9 Å². The Morgan fingerprint density at radius 2 is 2.17 bits per heavy atom. The van der Waals surface area contributed by atoms with Crippen LogP contribution in [0.3, 0.4) is 0 Å². The molecule has 1 fully saturated rings. The molecule has 0 aliphatic carbocycles. The molecule has 0 radical (unpaired) electrons. The fourth-order valence-electron chi connectivity index (χ4n) is 1.90. The number of benzene rings is 1. The van der Waals surface area contributed by atoms with Gasteiger partial charge in [-0.2, -0.15) is 0 Å². The number of carbonyl (C=O) groups excluding carboxylic acids is 1. The molecule has 1 aliphatic heterocycles. The smallest absolute Gasteiger partial charge is 0.410 e. The van der Waals surface area contributed by atoms with E-state index in [0.29, 0.717) is 19.7 Å². The summed E-state index contributed by atoms with van der Waals surface area (Å²) in [6, 6.07) is 9.78. The summed E-state index contributed by atoms with van der Waals surface area (Å²) in [5.74, 6) is 0. The molecule has 5 heteroatoms. The molecule has 1 saturated heterocycles. The Kier molecular flexibility index (Phi) is 4.60. The van der Waals surface area contributed by atoms with Gasteiger partial charge in [-0.25, -0.2) is 4.79 Å². The lowest BCUT2D eigenvalue weighted by atomic mass is 10.1. The van der Waals surface area contributed by atoms with Gasteiger partial charge >= 0.3 is 6.09 Å². The highest BCUT2D eigenvalue weighted by Crippen LogP contribution is 2.17. The first-order valence-electron chi connectivity index (χ1n) is 6.02. The van der Waals surface area contributed by atoms with Crippen LogP contribution in [0.2, 0.25) is 0 Å². The Labute approximate surface area is 115 Å². The number of nitrogens with zero attached hydrogens (tertiary/aromatic N) is 1. The SMILES string of the molecule is N[C@H]1CCN(C(=O)OCc2ccccc2)C[C@@H]1Br. The van der Waals surface area contributed by atoms with Gasteiger partial charge in [0.25, 0.3) is 0 Å². The van der Waals surface area contributed by atoms with Gasteiger partial charge in [0.05, 0.1) is 0 Å². The van der Waals surface area contributed by atoms with Gasteiger partial charge < -0.3 is 15.4 Å². The molecule has 0 unspecified atom stereocenters. The van der Waals surface area contributed by atoms with Gasteiger partial charge in [0.1, 0.15) is 6.61 Å². The minimum Gasteiger partial charge on any atom is -0.445 e. The molecule has 1 aromatic carbocycles. The number of carbonyl (C=O) groups is 1. The molecule has 18 heavy (non-hydrogen) atoms. The minimum atomic E-state index is -0.268. The summed E-state index contributed by atoms with van der Waals surface area (Å²) in [4.78, 5) is 13.7. The third-order valence-electron chi connectivity index (χ3n) is 3.06. The molecule has 0 bridgehead atoms. The molecule has 4 nitrogen and oxygen atoms in total. The maximum absolute atomic E-state index is 11.9. The number of nitrogens with two attached hydrogens (primary N) is 1. The number of likely N-dealkylation sites (tertiary alicyclic amines) is 1. The normalized spacial score (nSPS) is 23.8. The second-order valence-corrected chi connectivity index (χ2v) is 5.63. The summed E-state index contributed by atoms with van der Waals surface area (Å²) in [6.07, 6.45) is 0.534. The van der Waals surface area contributed by atoms with Crippen molar-refractivity contribution in [3.8, 4) is 0 Å². The highest BCUT2D eigenvalue weighted by molar-refractivity contribution is 9.09. The van der Waals surface area contributed by atoms with E-state index in [2.05, 4.69) is 15.9 Å². The standard InChI is InChI=1S/C13H17BrN2O2/c14-11-8-16(7-6-12(11)15)13(17)18-9-10-4-2-1-3-5-10/h1-5,11-12H,6-9,15H2/t11-,12-/m0/s1. The monoisotopic (exact) mass is 312 g/mol. The van der Waals surface area contributed by atoms with Crippen LogP contribution in [-0.2, 0) is 11.3 Å². The lowest BCUT2D eigenvalue weighted by Gasteiger charge is -2.33. The number of alkyl halides is 1. The quantitative estimate of drug-likeness (QED) is 0.851. The number of amides is 1. The number of hydrogen-bond acceptors (Lipinski definition) is 3. The van der Waals surface area contributed by atoms with Gasteiger partial charge in [-0.1, -0.05) is 46.3 Å². The van der Waals surface area contributed by atoms with Crippen molar-refractivity contribution in [1.82, 2.24) is 4.90 Å². The summed E-state index contributed by atoms with van der Waals surface area (Å²) in [5, 5.41) is 0. The predicted octanol–water partition coefficient (Wildman–Crippen LogP) is 2.12. The zero-order valence-corrected chi connectivity index (χ0v) is 11.7. The lowest BCUT2D eigenvalue weighted by molar-refractivity contribution is 0.0887. The van der Waals surface area contributed by atoms with E-state index in [4.69, 9.17) is 10.5 Å². The number of ether oxygens (including phenoxy) is 1. The van der Waals surface area contributed by atoms with Crippen LogP contribution in [0.4, 0.5) is 4.79 Å². The van der Waals surface area contributed by atoms with E-state index < -0.39 is 0 Å². The van der Waals surface area contributed by atoms with Crippen molar-refractivity contribution in [3.63, 3.8) is 0 Å². The third kappa shape index (κ3) is 3.46. The Morgan fingerprint density at radius 3 is 2.83 bits per heavy atom. The van der Waals surface area contributed by atoms with E-state index in [9.17, 15) is 4.79 Å². The lowest BCUT2D eigenvalue weighted by Crippen LogP contribution is -2.49. The highest BCUT2D eigenvalue weighted by Gasteiger charge is 2.28. The van der Waals surface area contributed by atoms with Gasteiger partial charge in [0.15, 0.2) is 0 Å². The zero-order valence-electron chi connectivity index (χ0n) is 10.1. The number of hydrogen-bond donors (Lipinski definition) is 1. The average molecular weight is 313 g/mol. The molecule has 2 N–H and O–H groups in total.